The van der Waals surface area contributed by atoms with Crippen molar-refractivity contribution in [3.05, 3.63) is 64.2 Å². The van der Waals surface area contributed by atoms with Crippen molar-refractivity contribution in [2.24, 2.45) is 5.73 Å². The molecule has 0 saturated heterocycles. The third-order valence-electron chi connectivity index (χ3n) is 3.08. The predicted octanol–water partition coefficient (Wildman–Crippen LogP) is 4.07. The van der Waals surface area contributed by atoms with Crippen LogP contribution in [0.2, 0.25) is 5.02 Å². The Morgan fingerprint density at radius 2 is 1.74 bits per heavy atom. The molecule has 0 fully saturated rings. The number of hydrogen-bond donors (Lipinski definition) is 2. The van der Waals surface area contributed by atoms with Crippen molar-refractivity contribution in [1.29, 1.82) is 0 Å². The molecule has 3 N–H and O–H groups in total. The highest BCUT2D eigenvalue weighted by Gasteiger charge is 2.12. The Kier molecular flexibility index (Phi) is 4.46. The zero-order valence-electron chi connectivity index (χ0n) is 11.3. The lowest BCUT2D eigenvalue weighted by Crippen LogP contribution is -2.21. The number of nitrogens with one attached hydrogen (secondary N) is 1. The highest BCUT2D eigenvalue weighted by molar-refractivity contribution is 6.31. The van der Waals surface area contributed by atoms with Gasteiger partial charge in [0.25, 0.3) is 0 Å². The van der Waals surface area contributed by atoms with Crippen molar-refractivity contribution < 1.29 is 0 Å². The summed E-state index contributed by atoms with van der Waals surface area (Å²) >= 11 is 6.23. The Balaban J connectivity index is 2.26. The summed E-state index contributed by atoms with van der Waals surface area (Å²) in [4.78, 5) is 0. The molecule has 0 aliphatic carbocycles. The van der Waals surface area contributed by atoms with E-state index in [9.17, 15) is 0 Å². The van der Waals surface area contributed by atoms with Gasteiger partial charge < -0.3 is 11.1 Å². The van der Waals surface area contributed by atoms with Gasteiger partial charge in [-0.1, -0.05) is 35.9 Å². The van der Waals surface area contributed by atoms with E-state index in [1.807, 2.05) is 24.3 Å². The van der Waals surface area contributed by atoms with E-state index in [4.69, 9.17) is 17.3 Å². The summed E-state index contributed by atoms with van der Waals surface area (Å²) in [6, 6.07) is 14.2. The second-order valence-electron chi connectivity index (χ2n) is 4.83. The molecule has 0 aliphatic heterocycles. The Labute approximate surface area is 119 Å². The van der Waals surface area contributed by atoms with Crippen LogP contribution in [0.3, 0.4) is 0 Å². The summed E-state index contributed by atoms with van der Waals surface area (Å²) < 4.78 is 0. The Hall–Kier alpha value is -1.51. The van der Waals surface area contributed by atoms with Gasteiger partial charge in [-0.25, -0.2) is 0 Å². The standard InChI is InChI=1S/C16H19ClN2/c1-11-7-12(2)9-13(8-11)19-16(10-18)14-5-3-4-6-15(14)17/h3-9,16,19H,10,18H2,1-2H3. The highest BCUT2D eigenvalue weighted by atomic mass is 35.5. The summed E-state index contributed by atoms with van der Waals surface area (Å²) in [5, 5.41) is 4.20. The maximum Gasteiger partial charge on any atom is 0.0650 e. The minimum atomic E-state index is 0.0231. The van der Waals surface area contributed by atoms with Gasteiger partial charge in [0.2, 0.25) is 0 Å². The predicted molar refractivity (Wildman–Crippen MR) is 82.8 cm³/mol. The van der Waals surface area contributed by atoms with Crippen molar-refractivity contribution in [3.8, 4) is 0 Å². The number of halogens is 1. The van der Waals surface area contributed by atoms with Crippen LogP contribution in [0.4, 0.5) is 5.69 Å². The summed E-state index contributed by atoms with van der Waals surface area (Å²) in [5.74, 6) is 0. The third-order valence-corrected chi connectivity index (χ3v) is 3.42. The minimum Gasteiger partial charge on any atom is -0.377 e. The monoisotopic (exact) mass is 274 g/mol. The Morgan fingerprint density at radius 1 is 1.11 bits per heavy atom. The summed E-state index contributed by atoms with van der Waals surface area (Å²) in [5.41, 5.74) is 10.5. The van der Waals surface area contributed by atoms with Crippen molar-refractivity contribution >= 4 is 17.3 Å². The third kappa shape index (κ3) is 3.49. The maximum absolute atomic E-state index is 6.23. The first kappa shape index (κ1) is 13.9. The van der Waals surface area contributed by atoms with E-state index >= 15 is 0 Å². The van der Waals surface area contributed by atoms with Crippen molar-refractivity contribution in [2.75, 3.05) is 11.9 Å². The van der Waals surface area contributed by atoms with Crippen LogP contribution in [-0.4, -0.2) is 6.54 Å². The van der Waals surface area contributed by atoms with Gasteiger partial charge in [0.05, 0.1) is 6.04 Å². The zero-order chi connectivity index (χ0) is 13.8. The van der Waals surface area contributed by atoms with Gasteiger partial charge in [0.15, 0.2) is 0 Å². The normalized spacial score (nSPS) is 12.2. The molecule has 0 saturated carbocycles. The fourth-order valence-corrected chi connectivity index (χ4v) is 2.55. The van der Waals surface area contributed by atoms with Gasteiger partial charge in [-0.3, -0.25) is 0 Å². The molecule has 0 spiro atoms. The van der Waals surface area contributed by atoms with Crippen LogP contribution in [0, 0.1) is 13.8 Å². The number of rotatable bonds is 4. The van der Waals surface area contributed by atoms with Gasteiger partial charge in [-0.05, 0) is 48.7 Å². The quantitative estimate of drug-likeness (QED) is 0.882. The molecule has 2 nitrogen and oxygen atoms in total. The number of nitrogens with two attached hydrogens (primary N) is 1. The SMILES string of the molecule is Cc1cc(C)cc(NC(CN)c2ccccc2Cl)c1. The summed E-state index contributed by atoms with van der Waals surface area (Å²) in [7, 11) is 0. The fourth-order valence-electron chi connectivity index (χ4n) is 2.28. The van der Waals surface area contributed by atoms with Crippen molar-refractivity contribution in [3.63, 3.8) is 0 Å². The van der Waals surface area contributed by atoms with Crippen LogP contribution in [0.15, 0.2) is 42.5 Å². The highest BCUT2D eigenvalue weighted by Crippen LogP contribution is 2.26. The summed E-state index contributed by atoms with van der Waals surface area (Å²) in [6.07, 6.45) is 0. The van der Waals surface area contributed by atoms with Crippen LogP contribution in [0.5, 0.6) is 0 Å². The first-order valence-electron chi connectivity index (χ1n) is 6.39. The van der Waals surface area contributed by atoms with Crippen LogP contribution in [0.1, 0.15) is 22.7 Å². The number of anilines is 1. The molecule has 3 heteroatoms. The van der Waals surface area contributed by atoms with Crippen LogP contribution in [-0.2, 0) is 0 Å². The van der Waals surface area contributed by atoms with Gasteiger partial charge in [-0.2, -0.15) is 0 Å². The molecule has 0 radical (unpaired) electrons. The van der Waals surface area contributed by atoms with Gasteiger partial charge in [0, 0.05) is 17.3 Å². The first-order valence-corrected chi connectivity index (χ1v) is 6.77. The zero-order valence-corrected chi connectivity index (χ0v) is 12.0. The number of hydrogen-bond acceptors (Lipinski definition) is 2. The Morgan fingerprint density at radius 3 is 2.32 bits per heavy atom. The lowest BCUT2D eigenvalue weighted by molar-refractivity contribution is 0.790. The molecule has 1 unspecified atom stereocenters. The average Bonchev–Trinajstić information content (AvgIpc) is 2.36. The maximum atomic E-state index is 6.23. The van der Waals surface area contributed by atoms with E-state index in [1.165, 1.54) is 11.1 Å². The van der Waals surface area contributed by atoms with E-state index in [0.717, 1.165) is 16.3 Å². The number of benzene rings is 2. The topological polar surface area (TPSA) is 38.0 Å². The molecule has 0 heterocycles. The molecule has 19 heavy (non-hydrogen) atoms. The second kappa shape index (κ2) is 6.09. The lowest BCUT2D eigenvalue weighted by atomic mass is 10.1. The molecule has 0 aliphatic rings. The van der Waals surface area contributed by atoms with Crippen molar-refractivity contribution in [2.45, 2.75) is 19.9 Å². The largest absolute Gasteiger partial charge is 0.377 e. The smallest absolute Gasteiger partial charge is 0.0650 e. The average molecular weight is 275 g/mol. The summed E-state index contributed by atoms with van der Waals surface area (Å²) in [6.45, 7) is 4.67. The van der Waals surface area contributed by atoms with Crippen LogP contribution < -0.4 is 11.1 Å². The van der Waals surface area contributed by atoms with E-state index < -0.39 is 0 Å². The Bertz CT molecular complexity index is 546. The molecular weight excluding hydrogens is 256 g/mol. The molecule has 100 valence electrons. The molecule has 0 bridgehead atoms. The van der Waals surface area contributed by atoms with Gasteiger partial charge in [0.1, 0.15) is 0 Å². The molecule has 0 aromatic heterocycles. The molecule has 1 atom stereocenters. The van der Waals surface area contributed by atoms with E-state index in [2.05, 4.69) is 37.4 Å². The van der Waals surface area contributed by atoms with E-state index in [1.54, 1.807) is 0 Å². The van der Waals surface area contributed by atoms with Gasteiger partial charge in [-0.15, -0.1) is 0 Å². The minimum absolute atomic E-state index is 0.0231. The molecule has 2 aromatic rings. The molecule has 2 rings (SSSR count). The van der Waals surface area contributed by atoms with E-state index in [0.29, 0.717) is 6.54 Å². The van der Waals surface area contributed by atoms with Crippen molar-refractivity contribution in [1.82, 2.24) is 0 Å². The van der Waals surface area contributed by atoms with Gasteiger partial charge >= 0.3 is 0 Å². The first-order chi connectivity index (χ1) is 9.10. The van der Waals surface area contributed by atoms with E-state index in [-0.39, 0.29) is 6.04 Å². The molecule has 2 aromatic carbocycles. The number of aryl methyl sites for hydroxylation is 2. The fraction of sp³-hybridized carbons (Fsp3) is 0.250. The molecular formula is C16H19ClN2. The van der Waals surface area contributed by atoms with Crippen LogP contribution in [0.25, 0.3) is 0 Å². The lowest BCUT2D eigenvalue weighted by Gasteiger charge is -2.20. The van der Waals surface area contributed by atoms with Crippen LogP contribution >= 0.6 is 11.6 Å². The second-order valence-corrected chi connectivity index (χ2v) is 5.24. The molecule has 0 amide bonds.